The number of nitriles is 1. The molecule has 0 saturated heterocycles. The number of nitrogens with zero attached hydrogens (tertiary/aromatic N) is 1. The smallest absolute Gasteiger partial charge is 0.218 e. The summed E-state index contributed by atoms with van der Waals surface area (Å²) in [7, 11) is 0. The number of benzene rings is 2. The van der Waals surface area contributed by atoms with E-state index in [-0.39, 0.29) is 0 Å². The second-order valence-electron chi connectivity index (χ2n) is 5.59. The van der Waals surface area contributed by atoms with Crippen LogP contribution in [0.15, 0.2) is 34.8 Å². The van der Waals surface area contributed by atoms with Crippen molar-refractivity contribution in [3.05, 3.63) is 57.6 Å². The molecule has 0 fully saturated rings. The largest absolute Gasteiger partial charge is 0.435 e. The van der Waals surface area contributed by atoms with Crippen LogP contribution in [0.4, 0.5) is 43.9 Å². The third-order valence-corrected chi connectivity index (χ3v) is 4.39. The van der Waals surface area contributed by atoms with Crippen molar-refractivity contribution in [3.63, 3.8) is 0 Å². The quantitative estimate of drug-likeness (QED) is 0.410. The lowest BCUT2D eigenvalue weighted by molar-refractivity contribution is -0.348. The lowest BCUT2D eigenvalue weighted by atomic mass is 9.84. The van der Waals surface area contributed by atoms with Gasteiger partial charge < -0.3 is 0 Å². The summed E-state index contributed by atoms with van der Waals surface area (Å²) in [4.78, 5) is 0. The van der Waals surface area contributed by atoms with Crippen LogP contribution in [0.1, 0.15) is 16.7 Å². The summed E-state index contributed by atoms with van der Waals surface area (Å²) < 4.78 is 132. The molecule has 2 aromatic rings. The molecule has 0 aliphatic carbocycles. The predicted octanol–water partition coefficient (Wildman–Crippen LogP) is 7.10. The zero-order valence-electron chi connectivity index (χ0n) is 13.5. The normalized spacial score (nSPS) is 13.3. The van der Waals surface area contributed by atoms with Crippen molar-refractivity contribution in [2.45, 2.75) is 24.2 Å². The Balaban J connectivity index is 3.10. The maximum Gasteiger partial charge on any atom is 0.435 e. The van der Waals surface area contributed by atoms with E-state index in [0.717, 1.165) is 18.2 Å². The summed E-state index contributed by atoms with van der Waals surface area (Å²) in [6, 6.07) is 6.61. The van der Waals surface area contributed by atoms with Gasteiger partial charge in [-0.1, -0.05) is 18.2 Å². The van der Waals surface area contributed by atoms with Gasteiger partial charge in [-0.15, -0.1) is 0 Å². The zero-order chi connectivity index (χ0) is 22.4. The predicted molar refractivity (Wildman–Crippen MR) is 83.0 cm³/mol. The maximum absolute atomic E-state index is 14.7. The van der Waals surface area contributed by atoms with Crippen molar-refractivity contribution in [2.75, 3.05) is 0 Å². The average molecular weight is 493 g/mol. The Bertz CT molecular complexity index is 952. The summed E-state index contributed by atoms with van der Waals surface area (Å²) in [5.74, 6) is 0. The molecule has 2 aromatic carbocycles. The molecule has 0 atom stereocenters. The van der Waals surface area contributed by atoms with Gasteiger partial charge in [0.2, 0.25) is 0 Å². The number of hydrogen-bond donors (Lipinski definition) is 0. The monoisotopic (exact) mass is 492 g/mol. The summed E-state index contributed by atoms with van der Waals surface area (Å²) in [5, 5.41) is 9.07. The first-order valence-corrected chi connectivity index (χ1v) is 8.00. The molecule has 29 heavy (non-hydrogen) atoms. The van der Waals surface area contributed by atoms with Crippen LogP contribution < -0.4 is 0 Å². The highest BCUT2D eigenvalue weighted by Crippen LogP contribution is 2.57. The molecule has 2 rings (SSSR count). The van der Waals surface area contributed by atoms with E-state index < -0.39 is 62.6 Å². The molecule has 1 radical (unpaired) electrons. The number of alkyl halides is 10. The van der Waals surface area contributed by atoms with E-state index in [1.54, 1.807) is 6.07 Å². The van der Waals surface area contributed by atoms with Crippen molar-refractivity contribution in [2.24, 2.45) is 0 Å². The second kappa shape index (κ2) is 7.19. The first kappa shape index (κ1) is 23.0. The molecule has 0 aromatic heterocycles. The van der Waals surface area contributed by atoms with Gasteiger partial charge in [-0.2, -0.15) is 44.8 Å². The highest BCUT2D eigenvalue weighted by molar-refractivity contribution is 9.10. The molecular weight excluding hydrogens is 488 g/mol. The van der Waals surface area contributed by atoms with Crippen LogP contribution >= 0.6 is 15.9 Å². The molecule has 12 heteroatoms. The van der Waals surface area contributed by atoms with Crippen LogP contribution in [0.3, 0.4) is 0 Å². The van der Waals surface area contributed by atoms with Gasteiger partial charge in [-0.3, -0.25) is 0 Å². The molecule has 0 spiro atoms. The topological polar surface area (TPSA) is 23.8 Å². The average Bonchev–Trinajstić information content (AvgIpc) is 2.57. The summed E-state index contributed by atoms with van der Waals surface area (Å²) in [5.41, 5.74) is -12.9. The Hall–Kier alpha value is -2.29. The summed E-state index contributed by atoms with van der Waals surface area (Å²) >= 11 is 2.45. The van der Waals surface area contributed by atoms with Gasteiger partial charge in [0.1, 0.15) is 0 Å². The number of hydrogen-bond acceptors (Lipinski definition) is 1. The molecule has 0 aliphatic rings. The first-order valence-electron chi connectivity index (χ1n) is 7.21. The van der Waals surface area contributed by atoms with Crippen molar-refractivity contribution in [1.82, 2.24) is 0 Å². The molecule has 0 heterocycles. The van der Waals surface area contributed by atoms with Crippen LogP contribution in [0, 0.1) is 17.4 Å². The van der Waals surface area contributed by atoms with Crippen molar-refractivity contribution < 1.29 is 43.9 Å². The second-order valence-corrected chi connectivity index (χ2v) is 6.39. The van der Waals surface area contributed by atoms with Crippen LogP contribution in [0.25, 0.3) is 11.1 Å². The van der Waals surface area contributed by atoms with Crippen molar-refractivity contribution in [3.8, 4) is 17.2 Å². The molecule has 0 aliphatic heterocycles. The Morgan fingerprint density at radius 2 is 1.38 bits per heavy atom. The number of rotatable bonds is 2. The molecule has 0 N–H and O–H groups in total. The fourth-order valence-electron chi connectivity index (χ4n) is 2.50. The summed E-state index contributed by atoms with van der Waals surface area (Å²) in [6.07, 6.45) is -18.8. The van der Waals surface area contributed by atoms with E-state index in [2.05, 4.69) is 15.9 Å². The third-order valence-electron chi connectivity index (χ3n) is 3.80. The molecule has 0 bridgehead atoms. The van der Waals surface area contributed by atoms with E-state index in [0.29, 0.717) is 0 Å². The Labute approximate surface area is 164 Å². The maximum atomic E-state index is 14.7. The Kier molecular flexibility index (Phi) is 5.70. The molecule has 155 valence electrons. The highest BCUT2D eigenvalue weighted by atomic mass is 79.9. The van der Waals surface area contributed by atoms with Gasteiger partial charge in [0.05, 0.1) is 17.2 Å². The van der Waals surface area contributed by atoms with Crippen LogP contribution in [0.2, 0.25) is 0 Å². The zero-order valence-corrected chi connectivity index (χ0v) is 15.1. The van der Waals surface area contributed by atoms with Crippen LogP contribution in [0.5, 0.6) is 0 Å². The lowest BCUT2D eigenvalue weighted by Gasteiger charge is -2.33. The standard InChI is InChI=1S/C17H5BrF10N/c18-12-6-9(15(20,21)22)5-11(14(19,16(23,24)25)17(26,27)28)13(12)10-4-2-1-3-8(10)7-29/h1-5H. The van der Waals surface area contributed by atoms with Gasteiger partial charge in [0, 0.05) is 27.2 Å². The van der Waals surface area contributed by atoms with Crippen LogP contribution in [-0.2, 0) is 11.8 Å². The van der Waals surface area contributed by atoms with E-state index in [9.17, 15) is 43.9 Å². The van der Waals surface area contributed by atoms with Gasteiger partial charge in [-0.05, 0) is 28.1 Å². The minimum atomic E-state index is -6.66. The van der Waals surface area contributed by atoms with Crippen molar-refractivity contribution >= 4 is 15.9 Å². The van der Waals surface area contributed by atoms with E-state index in [4.69, 9.17) is 5.26 Å². The lowest BCUT2D eigenvalue weighted by Crippen LogP contribution is -2.50. The van der Waals surface area contributed by atoms with Gasteiger partial charge in [-0.25, -0.2) is 4.39 Å². The van der Waals surface area contributed by atoms with Gasteiger partial charge in [0.15, 0.2) is 0 Å². The van der Waals surface area contributed by atoms with Crippen LogP contribution in [-0.4, -0.2) is 12.4 Å². The van der Waals surface area contributed by atoms with E-state index >= 15 is 0 Å². The minimum absolute atomic E-state index is 0.491. The molecule has 0 saturated carbocycles. The van der Waals surface area contributed by atoms with E-state index in [1.165, 1.54) is 12.1 Å². The first-order chi connectivity index (χ1) is 13.1. The highest BCUT2D eigenvalue weighted by Gasteiger charge is 2.74. The Morgan fingerprint density at radius 1 is 0.862 bits per heavy atom. The summed E-state index contributed by atoms with van der Waals surface area (Å²) in [6.45, 7) is 0. The third kappa shape index (κ3) is 3.92. The van der Waals surface area contributed by atoms with Gasteiger partial charge in [0.25, 0.3) is 0 Å². The van der Waals surface area contributed by atoms with Crippen molar-refractivity contribution in [1.29, 1.82) is 5.26 Å². The molecule has 0 unspecified atom stereocenters. The van der Waals surface area contributed by atoms with Gasteiger partial charge >= 0.3 is 24.2 Å². The molecule has 1 nitrogen and oxygen atoms in total. The Morgan fingerprint density at radius 3 is 1.83 bits per heavy atom. The SMILES string of the molecule is N#Cc1ccccc1-c1c(Br)[c]c(C(F)(F)F)cc1C(F)(C(F)(F)F)C(F)(F)F. The molecule has 0 amide bonds. The number of halogens is 11. The fraction of sp³-hybridized carbons (Fsp3) is 0.235. The fourth-order valence-corrected chi connectivity index (χ4v) is 3.14. The minimum Gasteiger partial charge on any atom is -0.218 e. The molecular formula is C17H5BrF10N. The van der Waals surface area contributed by atoms with E-state index in [1.807, 2.05) is 0 Å².